The molecule has 1 atom stereocenters. The molecule has 0 spiro atoms. The van der Waals surface area contributed by atoms with E-state index in [2.05, 4.69) is 5.32 Å². The van der Waals surface area contributed by atoms with Crippen molar-refractivity contribution in [2.24, 2.45) is 0 Å². The molecular weight excluding hydrogens is 200 g/mol. The summed E-state index contributed by atoms with van der Waals surface area (Å²) in [5.41, 5.74) is 0. The third-order valence-corrected chi connectivity index (χ3v) is 3.42. The second-order valence-electron chi connectivity index (χ2n) is 2.93. The third kappa shape index (κ3) is 2.90. The lowest BCUT2D eigenvalue weighted by molar-refractivity contribution is 0.391. The van der Waals surface area contributed by atoms with Crippen molar-refractivity contribution in [3.05, 3.63) is 0 Å². The molecule has 0 bridgehead atoms. The minimum atomic E-state index is -2.99. The molecule has 0 aromatic carbocycles. The fourth-order valence-corrected chi connectivity index (χ4v) is 1.94. The predicted octanol–water partition coefficient (Wildman–Crippen LogP) is -0.339. The molecule has 0 aromatic heterocycles. The normalized spacial score (nSPS) is 24.1. The zero-order valence-electron chi connectivity index (χ0n) is 7.28. The van der Waals surface area contributed by atoms with Gasteiger partial charge in [0.15, 0.2) is 0 Å². The predicted molar refractivity (Wildman–Crippen MR) is 51.1 cm³/mol. The topological polar surface area (TPSA) is 49.4 Å². The number of nitrogens with one attached hydrogen (secondary N) is 1. The van der Waals surface area contributed by atoms with E-state index in [1.807, 2.05) is 0 Å². The number of hydrogen-bond acceptors (Lipinski definition) is 3. The van der Waals surface area contributed by atoms with Crippen LogP contribution in [0.1, 0.15) is 6.42 Å². The van der Waals surface area contributed by atoms with E-state index >= 15 is 0 Å². The standard InChI is InChI=1S/C6H14N2O2S.ClH/c1-8(11(2,9)10)6-3-4-7-5-6;/h6-7H,3-5H2,1-2H3;1H. The number of nitrogens with zero attached hydrogens (tertiary/aromatic N) is 1. The minimum absolute atomic E-state index is 0. The van der Waals surface area contributed by atoms with Gasteiger partial charge in [-0.2, -0.15) is 0 Å². The molecule has 0 amide bonds. The average molecular weight is 215 g/mol. The van der Waals surface area contributed by atoms with E-state index in [0.717, 1.165) is 19.5 Å². The molecule has 0 saturated carbocycles. The first kappa shape index (κ1) is 12.2. The van der Waals surface area contributed by atoms with E-state index in [9.17, 15) is 8.42 Å². The highest BCUT2D eigenvalue weighted by atomic mass is 35.5. The Balaban J connectivity index is 0.00000121. The quantitative estimate of drug-likeness (QED) is 0.685. The molecule has 12 heavy (non-hydrogen) atoms. The Labute approximate surface area is 79.8 Å². The summed E-state index contributed by atoms with van der Waals surface area (Å²) >= 11 is 0. The van der Waals surface area contributed by atoms with E-state index in [-0.39, 0.29) is 18.4 Å². The van der Waals surface area contributed by atoms with Crippen LogP contribution < -0.4 is 5.32 Å². The Bertz CT molecular complexity index is 224. The Kier molecular flexibility index (Phi) is 4.47. The fourth-order valence-electron chi connectivity index (χ4n) is 1.22. The highest BCUT2D eigenvalue weighted by Gasteiger charge is 2.24. The lowest BCUT2D eigenvalue weighted by Crippen LogP contribution is -2.37. The molecule has 1 aliphatic rings. The van der Waals surface area contributed by atoms with Crippen LogP contribution in [0, 0.1) is 0 Å². The van der Waals surface area contributed by atoms with Crippen molar-refractivity contribution < 1.29 is 8.42 Å². The lowest BCUT2D eigenvalue weighted by Gasteiger charge is -2.20. The van der Waals surface area contributed by atoms with E-state index < -0.39 is 10.0 Å². The highest BCUT2D eigenvalue weighted by molar-refractivity contribution is 7.88. The first-order valence-electron chi connectivity index (χ1n) is 3.65. The van der Waals surface area contributed by atoms with Gasteiger partial charge in [0, 0.05) is 19.6 Å². The molecule has 6 heteroatoms. The Morgan fingerprint density at radius 1 is 1.50 bits per heavy atom. The summed E-state index contributed by atoms with van der Waals surface area (Å²) in [5.74, 6) is 0. The van der Waals surface area contributed by atoms with Crippen molar-refractivity contribution in [2.45, 2.75) is 12.5 Å². The molecule has 0 radical (unpaired) electrons. The van der Waals surface area contributed by atoms with Crippen molar-refractivity contribution in [2.75, 3.05) is 26.4 Å². The van der Waals surface area contributed by atoms with Gasteiger partial charge in [-0.25, -0.2) is 12.7 Å². The van der Waals surface area contributed by atoms with Crippen LogP contribution in [0.4, 0.5) is 0 Å². The van der Waals surface area contributed by atoms with E-state index in [1.165, 1.54) is 10.6 Å². The molecule has 1 unspecified atom stereocenters. The molecular formula is C6H15ClN2O2S. The lowest BCUT2D eigenvalue weighted by atomic mass is 10.3. The Morgan fingerprint density at radius 2 is 2.08 bits per heavy atom. The van der Waals surface area contributed by atoms with Gasteiger partial charge >= 0.3 is 0 Å². The smallest absolute Gasteiger partial charge is 0.211 e. The minimum Gasteiger partial charge on any atom is -0.315 e. The molecule has 4 nitrogen and oxygen atoms in total. The maximum Gasteiger partial charge on any atom is 0.211 e. The molecule has 0 aromatic rings. The largest absolute Gasteiger partial charge is 0.315 e. The average Bonchev–Trinajstić information content (AvgIpc) is 2.34. The van der Waals surface area contributed by atoms with Crippen LogP contribution in [0.3, 0.4) is 0 Å². The van der Waals surface area contributed by atoms with Crippen LogP contribution in [0.15, 0.2) is 0 Å². The van der Waals surface area contributed by atoms with Gasteiger partial charge in [-0.05, 0) is 13.0 Å². The maximum atomic E-state index is 11.0. The zero-order chi connectivity index (χ0) is 8.48. The van der Waals surface area contributed by atoms with Gasteiger partial charge in [0.1, 0.15) is 0 Å². The van der Waals surface area contributed by atoms with Crippen LogP contribution in [0.5, 0.6) is 0 Å². The molecule has 1 rings (SSSR count). The van der Waals surface area contributed by atoms with Crippen molar-refractivity contribution in [3.63, 3.8) is 0 Å². The molecule has 1 heterocycles. The number of halogens is 1. The highest BCUT2D eigenvalue weighted by Crippen LogP contribution is 2.08. The number of hydrogen-bond donors (Lipinski definition) is 1. The van der Waals surface area contributed by atoms with Crippen molar-refractivity contribution >= 4 is 22.4 Å². The van der Waals surface area contributed by atoms with E-state index in [1.54, 1.807) is 7.05 Å². The molecule has 1 N–H and O–H groups in total. The first-order valence-corrected chi connectivity index (χ1v) is 5.50. The number of rotatable bonds is 2. The third-order valence-electron chi connectivity index (χ3n) is 2.07. The van der Waals surface area contributed by atoms with Crippen LogP contribution in [0.25, 0.3) is 0 Å². The molecule has 74 valence electrons. The van der Waals surface area contributed by atoms with Gasteiger partial charge in [-0.3, -0.25) is 0 Å². The van der Waals surface area contributed by atoms with Crippen LogP contribution in [0.2, 0.25) is 0 Å². The van der Waals surface area contributed by atoms with Crippen molar-refractivity contribution in [1.82, 2.24) is 9.62 Å². The van der Waals surface area contributed by atoms with E-state index in [0.29, 0.717) is 0 Å². The summed E-state index contributed by atoms with van der Waals surface area (Å²) < 4.78 is 23.5. The van der Waals surface area contributed by atoms with Gasteiger partial charge in [0.25, 0.3) is 0 Å². The van der Waals surface area contributed by atoms with Gasteiger partial charge < -0.3 is 5.32 Å². The molecule has 1 aliphatic heterocycles. The SMILES string of the molecule is CN(C1CCNC1)S(C)(=O)=O.Cl. The van der Waals surface area contributed by atoms with Gasteiger partial charge in [-0.15, -0.1) is 12.4 Å². The van der Waals surface area contributed by atoms with Crippen molar-refractivity contribution in [3.8, 4) is 0 Å². The summed E-state index contributed by atoms with van der Waals surface area (Å²) in [6, 6.07) is 0.157. The van der Waals surface area contributed by atoms with Gasteiger partial charge in [0.05, 0.1) is 6.26 Å². The number of sulfonamides is 1. The second kappa shape index (κ2) is 4.41. The summed E-state index contributed by atoms with van der Waals surface area (Å²) in [6.45, 7) is 1.70. The van der Waals surface area contributed by atoms with Crippen LogP contribution in [-0.4, -0.2) is 45.2 Å². The summed E-state index contributed by atoms with van der Waals surface area (Å²) in [6.07, 6.45) is 2.16. The summed E-state index contributed by atoms with van der Waals surface area (Å²) in [5, 5.41) is 3.12. The summed E-state index contributed by atoms with van der Waals surface area (Å²) in [4.78, 5) is 0. The monoisotopic (exact) mass is 214 g/mol. The van der Waals surface area contributed by atoms with Crippen LogP contribution >= 0.6 is 12.4 Å². The molecule has 1 saturated heterocycles. The first-order chi connectivity index (χ1) is 5.02. The van der Waals surface area contributed by atoms with E-state index in [4.69, 9.17) is 0 Å². The summed E-state index contributed by atoms with van der Waals surface area (Å²) in [7, 11) is -1.36. The molecule has 1 fully saturated rings. The Morgan fingerprint density at radius 3 is 2.42 bits per heavy atom. The second-order valence-corrected chi connectivity index (χ2v) is 4.97. The maximum absolute atomic E-state index is 11.0. The van der Waals surface area contributed by atoms with Crippen molar-refractivity contribution in [1.29, 1.82) is 0 Å². The number of likely N-dealkylation sites (N-methyl/N-ethyl adjacent to an activating group) is 1. The van der Waals surface area contributed by atoms with Gasteiger partial charge in [0.2, 0.25) is 10.0 Å². The zero-order valence-corrected chi connectivity index (χ0v) is 8.91. The van der Waals surface area contributed by atoms with Gasteiger partial charge in [-0.1, -0.05) is 0 Å². The molecule has 0 aliphatic carbocycles. The fraction of sp³-hybridized carbons (Fsp3) is 1.00. The van der Waals surface area contributed by atoms with Crippen LogP contribution in [-0.2, 0) is 10.0 Å². The Hall–Kier alpha value is 0.160.